The van der Waals surface area contributed by atoms with Crippen LogP contribution in [-0.2, 0) is 17.1 Å². The number of primary amides is 1. The molecule has 0 aliphatic carbocycles. The molecule has 5 N–H and O–H groups in total. The Morgan fingerprint density at radius 3 is 2.44 bits per heavy atom. The molecule has 1 aromatic heterocycles. The normalized spacial score (nSPS) is 12.7. The first-order valence-electron chi connectivity index (χ1n) is 5.29. The van der Waals surface area contributed by atoms with Crippen LogP contribution in [0.15, 0.2) is 17.2 Å². The van der Waals surface area contributed by atoms with E-state index in [-0.39, 0.29) is 17.1 Å². The molecule has 1 heterocycles. The SMILES string of the molecule is Cn1cc(S(=O)(=O)NC(C)(C)CN)cc1C(N)=O. The molecule has 0 fully saturated rings. The quantitative estimate of drug-likeness (QED) is 0.647. The topological polar surface area (TPSA) is 120 Å². The summed E-state index contributed by atoms with van der Waals surface area (Å²) in [5, 5.41) is 0. The third-order valence-electron chi connectivity index (χ3n) is 2.46. The first-order valence-corrected chi connectivity index (χ1v) is 6.77. The van der Waals surface area contributed by atoms with Crippen molar-refractivity contribution in [3.05, 3.63) is 18.0 Å². The Kier molecular flexibility index (Phi) is 3.84. The molecular weight excluding hydrogens is 256 g/mol. The van der Waals surface area contributed by atoms with E-state index in [9.17, 15) is 13.2 Å². The monoisotopic (exact) mass is 274 g/mol. The van der Waals surface area contributed by atoms with Gasteiger partial charge in [0.1, 0.15) is 10.6 Å². The van der Waals surface area contributed by atoms with Gasteiger partial charge in [0.2, 0.25) is 10.0 Å². The fourth-order valence-electron chi connectivity index (χ4n) is 1.39. The molecule has 8 heteroatoms. The van der Waals surface area contributed by atoms with E-state index in [0.717, 1.165) is 0 Å². The molecular formula is C10H18N4O3S. The van der Waals surface area contributed by atoms with Crippen molar-refractivity contribution in [3.8, 4) is 0 Å². The van der Waals surface area contributed by atoms with Gasteiger partial charge in [0.25, 0.3) is 5.91 Å². The summed E-state index contributed by atoms with van der Waals surface area (Å²) < 4.78 is 28.0. The number of hydrogen-bond donors (Lipinski definition) is 3. The first kappa shape index (κ1) is 14.7. The molecule has 0 aromatic carbocycles. The van der Waals surface area contributed by atoms with Crippen LogP contribution in [0.5, 0.6) is 0 Å². The largest absolute Gasteiger partial charge is 0.364 e. The molecule has 0 saturated heterocycles. The number of carbonyl (C=O) groups excluding carboxylic acids is 1. The second kappa shape index (κ2) is 4.71. The van der Waals surface area contributed by atoms with Crippen molar-refractivity contribution in [1.82, 2.24) is 9.29 Å². The van der Waals surface area contributed by atoms with Crippen molar-refractivity contribution >= 4 is 15.9 Å². The average molecular weight is 274 g/mol. The molecule has 0 spiro atoms. The number of amides is 1. The lowest BCUT2D eigenvalue weighted by molar-refractivity contribution is 0.0992. The summed E-state index contributed by atoms with van der Waals surface area (Å²) in [5.41, 5.74) is 9.96. The molecule has 0 radical (unpaired) electrons. The van der Waals surface area contributed by atoms with Crippen LogP contribution in [-0.4, -0.2) is 31.0 Å². The molecule has 0 saturated carbocycles. The van der Waals surface area contributed by atoms with Gasteiger partial charge in [-0.25, -0.2) is 13.1 Å². The van der Waals surface area contributed by atoms with Crippen LogP contribution >= 0.6 is 0 Å². The number of rotatable bonds is 5. The molecule has 0 aliphatic rings. The highest BCUT2D eigenvalue weighted by Crippen LogP contribution is 2.15. The summed E-state index contributed by atoms with van der Waals surface area (Å²) in [4.78, 5) is 11.1. The van der Waals surface area contributed by atoms with Gasteiger partial charge in [-0.05, 0) is 19.9 Å². The first-order chi connectivity index (χ1) is 8.09. The second-order valence-corrected chi connectivity index (χ2v) is 6.41. The number of carbonyl (C=O) groups is 1. The summed E-state index contributed by atoms with van der Waals surface area (Å²) in [5.74, 6) is -0.683. The van der Waals surface area contributed by atoms with E-state index in [1.807, 2.05) is 0 Å². The lowest BCUT2D eigenvalue weighted by Gasteiger charge is -2.23. The van der Waals surface area contributed by atoms with Crippen LogP contribution in [0.1, 0.15) is 24.3 Å². The van der Waals surface area contributed by atoms with Crippen LogP contribution in [0.4, 0.5) is 0 Å². The summed E-state index contributed by atoms with van der Waals surface area (Å²) >= 11 is 0. The summed E-state index contributed by atoms with van der Waals surface area (Å²) in [6, 6.07) is 1.23. The maximum absolute atomic E-state index is 12.1. The number of nitrogens with zero attached hydrogens (tertiary/aromatic N) is 1. The molecule has 0 atom stereocenters. The Labute approximate surface area is 106 Å². The van der Waals surface area contributed by atoms with Crippen molar-refractivity contribution in [1.29, 1.82) is 0 Å². The van der Waals surface area contributed by atoms with Crippen LogP contribution < -0.4 is 16.2 Å². The molecule has 1 rings (SSSR count). The van der Waals surface area contributed by atoms with Crippen LogP contribution in [0.3, 0.4) is 0 Å². The molecule has 18 heavy (non-hydrogen) atoms. The van der Waals surface area contributed by atoms with Crippen LogP contribution in [0, 0.1) is 0 Å². The van der Waals surface area contributed by atoms with E-state index in [2.05, 4.69) is 4.72 Å². The zero-order valence-corrected chi connectivity index (χ0v) is 11.4. The van der Waals surface area contributed by atoms with Crippen molar-refractivity contribution in [2.24, 2.45) is 18.5 Å². The molecule has 0 aliphatic heterocycles. The highest BCUT2D eigenvalue weighted by atomic mass is 32.2. The second-order valence-electron chi connectivity index (χ2n) is 4.73. The third-order valence-corrected chi connectivity index (χ3v) is 4.13. The average Bonchev–Trinajstić information content (AvgIpc) is 2.59. The van der Waals surface area contributed by atoms with Crippen LogP contribution in [0.25, 0.3) is 0 Å². The predicted molar refractivity (Wildman–Crippen MR) is 67.4 cm³/mol. The molecule has 7 nitrogen and oxygen atoms in total. The van der Waals surface area contributed by atoms with Gasteiger partial charge in [-0.1, -0.05) is 0 Å². The zero-order chi connectivity index (χ0) is 14.1. The van der Waals surface area contributed by atoms with Crippen molar-refractivity contribution in [2.75, 3.05) is 6.54 Å². The number of sulfonamides is 1. The number of hydrogen-bond acceptors (Lipinski definition) is 4. The predicted octanol–water partition coefficient (Wildman–Crippen LogP) is -0.860. The van der Waals surface area contributed by atoms with E-state index < -0.39 is 21.5 Å². The number of aryl methyl sites for hydroxylation is 1. The number of aromatic nitrogens is 1. The van der Waals surface area contributed by atoms with E-state index in [1.165, 1.54) is 16.8 Å². The Hall–Kier alpha value is -1.38. The molecule has 1 amide bonds. The summed E-state index contributed by atoms with van der Waals surface area (Å²) in [6.07, 6.45) is 1.33. The van der Waals surface area contributed by atoms with Gasteiger partial charge in [0, 0.05) is 25.3 Å². The van der Waals surface area contributed by atoms with E-state index in [4.69, 9.17) is 11.5 Å². The van der Waals surface area contributed by atoms with Crippen molar-refractivity contribution < 1.29 is 13.2 Å². The maximum atomic E-state index is 12.1. The van der Waals surface area contributed by atoms with E-state index in [1.54, 1.807) is 20.9 Å². The van der Waals surface area contributed by atoms with E-state index >= 15 is 0 Å². The van der Waals surface area contributed by atoms with Crippen molar-refractivity contribution in [2.45, 2.75) is 24.3 Å². The lowest BCUT2D eigenvalue weighted by Crippen LogP contribution is -2.48. The fourth-order valence-corrected chi connectivity index (χ4v) is 2.88. The van der Waals surface area contributed by atoms with Gasteiger partial charge < -0.3 is 16.0 Å². The van der Waals surface area contributed by atoms with Gasteiger partial charge in [-0.3, -0.25) is 4.79 Å². The van der Waals surface area contributed by atoms with Gasteiger partial charge in [-0.15, -0.1) is 0 Å². The zero-order valence-electron chi connectivity index (χ0n) is 10.6. The highest BCUT2D eigenvalue weighted by Gasteiger charge is 2.26. The summed E-state index contributed by atoms with van der Waals surface area (Å²) in [7, 11) is -2.18. The minimum Gasteiger partial charge on any atom is -0.364 e. The van der Waals surface area contributed by atoms with Gasteiger partial charge in [0.05, 0.1) is 0 Å². The van der Waals surface area contributed by atoms with Gasteiger partial charge >= 0.3 is 0 Å². The molecule has 1 aromatic rings. The van der Waals surface area contributed by atoms with E-state index in [0.29, 0.717) is 0 Å². The Morgan fingerprint density at radius 2 is 2.06 bits per heavy atom. The Bertz CT molecular complexity index is 560. The standard InChI is InChI=1S/C10H18N4O3S/c1-10(2,6-11)13-18(16,17)7-4-8(9(12)15)14(3)5-7/h4-5,13H,6,11H2,1-3H3,(H2,12,15). The molecule has 102 valence electrons. The third kappa shape index (κ3) is 3.09. The highest BCUT2D eigenvalue weighted by molar-refractivity contribution is 7.89. The maximum Gasteiger partial charge on any atom is 0.265 e. The minimum absolute atomic E-state index is 0.0136. The minimum atomic E-state index is -3.72. The molecule has 0 unspecified atom stereocenters. The molecule has 0 bridgehead atoms. The van der Waals surface area contributed by atoms with Crippen molar-refractivity contribution in [3.63, 3.8) is 0 Å². The van der Waals surface area contributed by atoms with Gasteiger partial charge in [-0.2, -0.15) is 0 Å². The Balaban J connectivity index is 3.14. The fraction of sp³-hybridized carbons (Fsp3) is 0.500. The summed E-state index contributed by atoms with van der Waals surface area (Å²) in [6.45, 7) is 3.49. The smallest absolute Gasteiger partial charge is 0.265 e. The number of nitrogens with one attached hydrogen (secondary N) is 1. The number of nitrogens with two attached hydrogens (primary N) is 2. The lowest BCUT2D eigenvalue weighted by atomic mass is 10.1. The Morgan fingerprint density at radius 1 is 1.50 bits per heavy atom. The van der Waals surface area contributed by atoms with Crippen LogP contribution in [0.2, 0.25) is 0 Å². The van der Waals surface area contributed by atoms with Gasteiger partial charge in [0.15, 0.2) is 0 Å².